The zero-order chi connectivity index (χ0) is 19.2. The minimum atomic E-state index is -0.964. The molecule has 1 amide bonds. The van der Waals surface area contributed by atoms with Crippen molar-refractivity contribution in [2.75, 3.05) is 13.2 Å². The summed E-state index contributed by atoms with van der Waals surface area (Å²) in [6.07, 6.45) is -0.237. The van der Waals surface area contributed by atoms with Gasteiger partial charge < -0.3 is 24.6 Å². The highest BCUT2D eigenvalue weighted by Gasteiger charge is 2.34. The van der Waals surface area contributed by atoms with Crippen molar-refractivity contribution < 1.29 is 28.9 Å². The van der Waals surface area contributed by atoms with Crippen LogP contribution in [-0.2, 0) is 19.0 Å². The molecule has 4 atom stereocenters. The summed E-state index contributed by atoms with van der Waals surface area (Å²) in [7, 11) is 0. The molecule has 0 aromatic heterocycles. The molecule has 1 rings (SSSR count). The lowest BCUT2D eigenvalue weighted by atomic mass is 9.89. The zero-order valence-electron chi connectivity index (χ0n) is 16.2. The highest BCUT2D eigenvalue weighted by atomic mass is 16.6. The fourth-order valence-electron chi connectivity index (χ4n) is 2.67. The van der Waals surface area contributed by atoms with Crippen LogP contribution in [0.5, 0.6) is 0 Å². The maximum absolute atomic E-state index is 12.4. The molecule has 25 heavy (non-hydrogen) atoms. The second-order valence-corrected chi connectivity index (χ2v) is 8.08. The third-order valence-corrected chi connectivity index (χ3v) is 4.03. The van der Waals surface area contributed by atoms with E-state index in [-0.39, 0.29) is 19.1 Å². The summed E-state index contributed by atoms with van der Waals surface area (Å²) < 4.78 is 16.1. The van der Waals surface area contributed by atoms with Crippen molar-refractivity contribution in [1.29, 1.82) is 0 Å². The molecule has 0 saturated carbocycles. The number of alkyl carbamates (subject to hydrolysis) is 1. The Hall–Kier alpha value is -1.34. The molecule has 2 N–H and O–H groups in total. The van der Waals surface area contributed by atoms with Crippen LogP contribution in [0.4, 0.5) is 4.79 Å². The highest BCUT2D eigenvalue weighted by Crippen LogP contribution is 2.23. The summed E-state index contributed by atoms with van der Waals surface area (Å²) >= 11 is 0. The first-order valence-electron chi connectivity index (χ1n) is 8.95. The van der Waals surface area contributed by atoms with E-state index in [1.54, 1.807) is 27.7 Å². The van der Waals surface area contributed by atoms with Gasteiger partial charge in [-0.05, 0) is 40.0 Å². The van der Waals surface area contributed by atoms with E-state index >= 15 is 0 Å². The van der Waals surface area contributed by atoms with Crippen molar-refractivity contribution in [3.63, 3.8) is 0 Å². The van der Waals surface area contributed by atoms with Gasteiger partial charge >= 0.3 is 12.1 Å². The Morgan fingerprint density at radius 2 is 2.00 bits per heavy atom. The van der Waals surface area contributed by atoms with Gasteiger partial charge in [-0.3, -0.25) is 0 Å². The van der Waals surface area contributed by atoms with Gasteiger partial charge in [0.05, 0.1) is 19.3 Å². The lowest BCUT2D eigenvalue weighted by molar-refractivity contribution is -0.155. The van der Waals surface area contributed by atoms with Crippen LogP contribution in [0.25, 0.3) is 0 Å². The van der Waals surface area contributed by atoms with Crippen LogP contribution < -0.4 is 5.32 Å². The second-order valence-electron chi connectivity index (χ2n) is 8.08. The molecule has 0 aromatic carbocycles. The van der Waals surface area contributed by atoms with E-state index in [2.05, 4.69) is 19.2 Å². The maximum atomic E-state index is 12.4. The Kier molecular flexibility index (Phi) is 8.15. The minimum Gasteiger partial charge on any atom is -0.461 e. The SMILES string of the molecule is CC(C)CC[C@H]1[C@H](C)OC(=O)[C@@H](NC(=O)OC(C)(C)C)COC[C@@H]1O. The molecule has 0 unspecified atom stereocenters. The number of aliphatic hydroxyl groups excluding tert-OH is 1. The summed E-state index contributed by atoms with van der Waals surface area (Å²) in [5.41, 5.74) is -0.668. The standard InChI is InChI=1S/C18H33NO6/c1-11(2)7-8-13-12(3)24-16(21)14(9-23-10-15(13)20)19-17(22)25-18(4,5)6/h11-15,20H,7-10H2,1-6H3,(H,19,22)/t12-,13-,14-,15-/m0/s1. The Balaban J connectivity index is 2.73. The van der Waals surface area contributed by atoms with Crippen LogP contribution in [0.1, 0.15) is 54.4 Å². The summed E-state index contributed by atoms with van der Waals surface area (Å²) in [6.45, 7) is 11.2. The Morgan fingerprint density at radius 3 is 2.56 bits per heavy atom. The van der Waals surface area contributed by atoms with E-state index in [9.17, 15) is 14.7 Å². The van der Waals surface area contributed by atoms with Gasteiger partial charge in [0.25, 0.3) is 0 Å². The van der Waals surface area contributed by atoms with Gasteiger partial charge in [-0.25, -0.2) is 9.59 Å². The predicted octanol–water partition coefficient (Wildman–Crippen LogP) is 2.25. The van der Waals surface area contributed by atoms with Gasteiger partial charge in [-0.1, -0.05) is 20.3 Å². The highest BCUT2D eigenvalue weighted by molar-refractivity contribution is 5.81. The summed E-state index contributed by atoms with van der Waals surface area (Å²) in [5.74, 6) is -0.293. The first-order valence-corrected chi connectivity index (χ1v) is 8.95. The molecule has 1 heterocycles. The number of rotatable bonds is 4. The van der Waals surface area contributed by atoms with Crippen LogP contribution in [0.2, 0.25) is 0 Å². The molecule has 0 bridgehead atoms. The van der Waals surface area contributed by atoms with Crippen LogP contribution in [0.15, 0.2) is 0 Å². The minimum absolute atomic E-state index is 0.0707. The molecular formula is C18H33NO6. The van der Waals surface area contributed by atoms with Crippen molar-refractivity contribution in [2.24, 2.45) is 11.8 Å². The molecule has 1 saturated heterocycles. The third kappa shape index (κ3) is 8.05. The normalized spacial score (nSPS) is 28.6. The first kappa shape index (κ1) is 21.7. The van der Waals surface area contributed by atoms with Crippen LogP contribution in [0.3, 0.4) is 0 Å². The van der Waals surface area contributed by atoms with Gasteiger partial charge in [-0.15, -0.1) is 0 Å². The third-order valence-electron chi connectivity index (χ3n) is 4.03. The lowest BCUT2D eigenvalue weighted by Gasteiger charge is -2.28. The molecular weight excluding hydrogens is 326 g/mol. The average Bonchev–Trinajstić information content (AvgIpc) is 2.47. The van der Waals surface area contributed by atoms with Crippen LogP contribution >= 0.6 is 0 Å². The maximum Gasteiger partial charge on any atom is 0.408 e. The Morgan fingerprint density at radius 1 is 1.36 bits per heavy atom. The number of hydrogen-bond donors (Lipinski definition) is 2. The number of carbonyl (C=O) groups is 2. The number of hydrogen-bond acceptors (Lipinski definition) is 6. The zero-order valence-corrected chi connectivity index (χ0v) is 16.2. The van der Waals surface area contributed by atoms with Gasteiger partial charge in [0.15, 0.2) is 6.04 Å². The van der Waals surface area contributed by atoms with Crippen molar-refractivity contribution in [3.05, 3.63) is 0 Å². The Labute approximate surface area is 150 Å². The smallest absolute Gasteiger partial charge is 0.408 e. The number of aliphatic hydroxyl groups is 1. The number of cyclic esters (lactones) is 1. The number of ether oxygens (including phenoxy) is 3. The van der Waals surface area contributed by atoms with Crippen molar-refractivity contribution >= 4 is 12.1 Å². The summed E-state index contributed by atoms with van der Waals surface area (Å²) in [6, 6.07) is -0.964. The molecule has 1 aliphatic heterocycles. The van der Waals surface area contributed by atoms with Crippen molar-refractivity contribution in [1.82, 2.24) is 5.32 Å². The van der Waals surface area contributed by atoms with E-state index in [0.717, 1.165) is 12.8 Å². The van der Waals surface area contributed by atoms with Crippen LogP contribution in [0, 0.1) is 11.8 Å². The Bertz CT molecular complexity index is 445. The molecule has 7 heteroatoms. The summed E-state index contributed by atoms with van der Waals surface area (Å²) in [5, 5.41) is 12.8. The van der Waals surface area contributed by atoms with Crippen molar-refractivity contribution in [2.45, 2.75) is 78.2 Å². The van der Waals surface area contributed by atoms with E-state index in [1.807, 2.05) is 0 Å². The van der Waals surface area contributed by atoms with Gasteiger partial charge in [0.2, 0.25) is 0 Å². The predicted molar refractivity (Wildman–Crippen MR) is 93.1 cm³/mol. The van der Waals surface area contributed by atoms with E-state index in [0.29, 0.717) is 5.92 Å². The topological polar surface area (TPSA) is 94.1 Å². The van der Waals surface area contributed by atoms with E-state index in [1.165, 1.54) is 0 Å². The first-order chi connectivity index (χ1) is 11.5. The largest absolute Gasteiger partial charge is 0.461 e. The second kappa shape index (κ2) is 9.38. The molecule has 0 spiro atoms. The number of amides is 1. The molecule has 1 aliphatic rings. The molecule has 0 aromatic rings. The van der Waals surface area contributed by atoms with Crippen molar-refractivity contribution in [3.8, 4) is 0 Å². The van der Waals surface area contributed by atoms with Gasteiger partial charge in [-0.2, -0.15) is 0 Å². The van der Waals surface area contributed by atoms with Gasteiger partial charge in [0.1, 0.15) is 11.7 Å². The average molecular weight is 359 g/mol. The monoisotopic (exact) mass is 359 g/mol. The van der Waals surface area contributed by atoms with Gasteiger partial charge in [0, 0.05) is 5.92 Å². The fraction of sp³-hybridized carbons (Fsp3) is 0.889. The van der Waals surface area contributed by atoms with E-state index < -0.39 is 35.9 Å². The fourth-order valence-corrected chi connectivity index (χ4v) is 2.67. The number of carbonyl (C=O) groups excluding carboxylic acids is 2. The lowest BCUT2D eigenvalue weighted by Crippen LogP contribution is -2.47. The van der Waals surface area contributed by atoms with Crippen LogP contribution in [-0.4, -0.2) is 54.2 Å². The summed E-state index contributed by atoms with van der Waals surface area (Å²) in [4.78, 5) is 24.3. The quantitative estimate of drug-likeness (QED) is 0.748. The molecule has 7 nitrogen and oxygen atoms in total. The molecule has 0 aliphatic carbocycles. The molecule has 146 valence electrons. The molecule has 0 radical (unpaired) electrons. The number of nitrogens with one attached hydrogen (secondary N) is 1. The molecule has 1 fully saturated rings. The number of esters is 1. The van der Waals surface area contributed by atoms with E-state index in [4.69, 9.17) is 14.2 Å².